The first-order chi connectivity index (χ1) is 9.74. The number of thiophene rings is 1. The topological polar surface area (TPSA) is 65.0 Å². The molecule has 0 amide bonds. The normalized spacial score (nSPS) is 10.7. The van der Waals surface area contributed by atoms with Crippen LogP contribution >= 0.6 is 45.8 Å². The fourth-order valence-electron chi connectivity index (χ4n) is 1.38. The van der Waals surface area contributed by atoms with E-state index in [2.05, 4.69) is 14.6 Å². The molecular formula is C11H6ClN3O2S3. The van der Waals surface area contributed by atoms with E-state index in [9.17, 15) is 4.79 Å². The zero-order valence-corrected chi connectivity index (χ0v) is 13.0. The van der Waals surface area contributed by atoms with Gasteiger partial charge in [-0.1, -0.05) is 16.1 Å². The molecule has 0 bridgehead atoms. The summed E-state index contributed by atoms with van der Waals surface area (Å²) in [5.41, 5.74) is 1.75. The molecule has 3 heterocycles. The molecule has 0 spiro atoms. The van der Waals surface area contributed by atoms with Gasteiger partial charge in [-0.2, -0.15) is 11.3 Å². The molecule has 3 rings (SSSR count). The lowest BCUT2D eigenvalue weighted by Gasteiger charge is -1.99. The summed E-state index contributed by atoms with van der Waals surface area (Å²) >= 11 is 9.87. The number of rotatable bonds is 4. The number of carbonyl (C=O) groups excluding carboxylic acids is 1. The number of nitrogens with zero attached hydrogens (tertiary/aromatic N) is 3. The largest absolute Gasteiger partial charge is 0.454 e. The fraction of sp³-hybridized carbons (Fsp3) is 0.0909. The molecule has 20 heavy (non-hydrogen) atoms. The van der Waals surface area contributed by atoms with Crippen molar-refractivity contribution < 1.29 is 9.53 Å². The molecule has 0 aliphatic carbocycles. The van der Waals surface area contributed by atoms with E-state index >= 15 is 0 Å². The minimum absolute atomic E-state index is 0.000518. The maximum absolute atomic E-state index is 11.9. The van der Waals surface area contributed by atoms with Crippen LogP contribution in [0.4, 0.5) is 0 Å². The maximum Gasteiger partial charge on any atom is 0.358 e. The van der Waals surface area contributed by atoms with Crippen LogP contribution in [-0.2, 0) is 11.3 Å². The number of hydrogen-bond donors (Lipinski definition) is 0. The van der Waals surface area contributed by atoms with Crippen LogP contribution < -0.4 is 0 Å². The zero-order chi connectivity index (χ0) is 13.9. The van der Waals surface area contributed by atoms with Crippen molar-refractivity contribution in [1.82, 2.24) is 14.6 Å². The molecule has 0 saturated heterocycles. The Hall–Kier alpha value is -1.35. The first-order valence-corrected chi connectivity index (χ1v) is 8.33. The van der Waals surface area contributed by atoms with Gasteiger partial charge in [-0.05, 0) is 11.4 Å². The van der Waals surface area contributed by atoms with Gasteiger partial charge in [0.1, 0.15) is 21.6 Å². The first-order valence-electron chi connectivity index (χ1n) is 5.36. The number of halogens is 1. The van der Waals surface area contributed by atoms with Crippen molar-refractivity contribution >= 4 is 51.8 Å². The number of carbonyl (C=O) groups is 1. The lowest BCUT2D eigenvalue weighted by Crippen LogP contribution is -2.06. The number of thiazole rings is 1. The average Bonchev–Trinajstić information content (AvgIpc) is 3.17. The molecule has 0 unspecified atom stereocenters. The standard InChI is InChI=1S/C11H6ClN3O2S3/c12-9-7(14-15-20-9)3-17-11(16)8-5-19-10(13-8)6-1-2-18-4-6/h1-2,4-5H,3H2. The molecule has 9 heteroatoms. The van der Waals surface area contributed by atoms with Gasteiger partial charge in [-0.25, -0.2) is 9.78 Å². The van der Waals surface area contributed by atoms with E-state index in [1.165, 1.54) is 11.3 Å². The minimum Gasteiger partial charge on any atom is -0.454 e. The summed E-state index contributed by atoms with van der Waals surface area (Å²) in [5.74, 6) is -0.494. The van der Waals surface area contributed by atoms with Gasteiger partial charge in [0, 0.05) is 27.9 Å². The van der Waals surface area contributed by atoms with Gasteiger partial charge in [-0.15, -0.1) is 16.4 Å². The van der Waals surface area contributed by atoms with E-state index in [-0.39, 0.29) is 12.3 Å². The number of esters is 1. The minimum atomic E-state index is -0.494. The van der Waals surface area contributed by atoms with Crippen LogP contribution in [0, 0.1) is 0 Å². The first kappa shape index (κ1) is 13.6. The average molecular weight is 344 g/mol. The monoisotopic (exact) mass is 343 g/mol. The highest BCUT2D eigenvalue weighted by Gasteiger charge is 2.15. The molecule has 5 nitrogen and oxygen atoms in total. The van der Waals surface area contributed by atoms with Crippen molar-refractivity contribution in [1.29, 1.82) is 0 Å². The smallest absolute Gasteiger partial charge is 0.358 e. The molecule has 0 saturated carbocycles. The molecule has 102 valence electrons. The van der Waals surface area contributed by atoms with Crippen molar-refractivity contribution in [2.75, 3.05) is 0 Å². The molecular weight excluding hydrogens is 338 g/mol. The SMILES string of the molecule is O=C(OCc1nnsc1Cl)c1csc(-c2ccsc2)n1. The second kappa shape index (κ2) is 5.96. The van der Waals surface area contributed by atoms with Gasteiger partial charge < -0.3 is 4.74 Å². The highest BCUT2D eigenvalue weighted by molar-refractivity contribution is 7.14. The summed E-state index contributed by atoms with van der Waals surface area (Å²) in [5, 5.41) is 10.2. The van der Waals surface area contributed by atoms with Crippen molar-refractivity contribution in [2.45, 2.75) is 6.61 Å². The molecule has 0 aliphatic heterocycles. The van der Waals surface area contributed by atoms with Crippen LogP contribution in [0.3, 0.4) is 0 Å². The van der Waals surface area contributed by atoms with E-state index in [4.69, 9.17) is 16.3 Å². The van der Waals surface area contributed by atoms with E-state index in [0.29, 0.717) is 10.0 Å². The van der Waals surface area contributed by atoms with E-state index in [1.54, 1.807) is 16.7 Å². The predicted molar refractivity (Wildman–Crippen MR) is 79.5 cm³/mol. The second-order valence-electron chi connectivity index (χ2n) is 3.62. The highest BCUT2D eigenvalue weighted by atomic mass is 35.5. The van der Waals surface area contributed by atoms with E-state index in [1.807, 2.05) is 16.8 Å². The Morgan fingerprint density at radius 3 is 3.00 bits per heavy atom. The van der Waals surface area contributed by atoms with Crippen LogP contribution in [0.2, 0.25) is 4.34 Å². The quantitative estimate of drug-likeness (QED) is 0.675. The Morgan fingerprint density at radius 1 is 1.40 bits per heavy atom. The Kier molecular flexibility index (Phi) is 4.06. The summed E-state index contributed by atoms with van der Waals surface area (Å²) < 4.78 is 9.20. The number of ether oxygens (including phenoxy) is 1. The summed E-state index contributed by atoms with van der Waals surface area (Å²) in [6.07, 6.45) is 0. The third-order valence-corrected chi connectivity index (χ3v) is 4.89. The molecule has 0 atom stereocenters. The molecule has 3 aromatic heterocycles. The van der Waals surface area contributed by atoms with Gasteiger partial charge >= 0.3 is 5.97 Å². The van der Waals surface area contributed by atoms with Crippen LogP contribution in [0.25, 0.3) is 10.6 Å². The Morgan fingerprint density at radius 2 is 2.30 bits per heavy atom. The van der Waals surface area contributed by atoms with Crippen molar-refractivity contribution in [2.24, 2.45) is 0 Å². The third kappa shape index (κ3) is 2.88. The Balaban J connectivity index is 1.67. The summed E-state index contributed by atoms with van der Waals surface area (Å²) in [6.45, 7) is -0.000518. The molecule has 0 fully saturated rings. The van der Waals surface area contributed by atoms with E-state index in [0.717, 1.165) is 22.1 Å². The molecule has 0 N–H and O–H groups in total. The predicted octanol–water partition coefficient (Wildman–Crippen LogP) is 3.73. The van der Waals surface area contributed by atoms with Crippen LogP contribution in [0.1, 0.15) is 16.2 Å². The van der Waals surface area contributed by atoms with Crippen LogP contribution in [0.5, 0.6) is 0 Å². The van der Waals surface area contributed by atoms with Gasteiger partial charge in [0.2, 0.25) is 0 Å². The number of aromatic nitrogens is 3. The Labute approximate surface area is 131 Å². The van der Waals surface area contributed by atoms with Gasteiger partial charge in [0.05, 0.1) is 0 Å². The summed E-state index contributed by atoms with van der Waals surface area (Å²) in [4.78, 5) is 16.1. The molecule has 0 aromatic carbocycles. The summed E-state index contributed by atoms with van der Waals surface area (Å²) in [7, 11) is 0. The van der Waals surface area contributed by atoms with Gasteiger partial charge in [0.15, 0.2) is 5.69 Å². The van der Waals surface area contributed by atoms with Crippen LogP contribution in [0.15, 0.2) is 22.2 Å². The van der Waals surface area contributed by atoms with Crippen LogP contribution in [-0.4, -0.2) is 20.5 Å². The molecule has 0 radical (unpaired) electrons. The highest BCUT2D eigenvalue weighted by Crippen LogP contribution is 2.26. The van der Waals surface area contributed by atoms with Crippen molar-refractivity contribution in [3.63, 3.8) is 0 Å². The second-order valence-corrected chi connectivity index (χ2v) is 6.61. The number of hydrogen-bond acceptors (Lipinski definition) is 8. The zero-order valence-electron chi connectivity index (χ0n) is 9.78. The lowest BCUT2D eigenvalue weighted by molar-refractivity contribution is 0.0462. The third-order valence-electron chi connectivity index (χ3n) is 2.33. The maximum atomic E-state index is 11.9. The van der Waals surface area contributed by atoms with Gasteiger partial charge in [-0.3, -0.25) is 0 Å². The molecule has 0 aliphatic rings. The van der Waals surface area contributed by atoms with E-state index < -0.39 is 5.97 Å². The van der Waals surface area contributed by atoms with Crippen molar-refractivity contribution in [3.05, 3.63) is 37.9 Å². The summed E-state index contributed by atoms with van der Waals surface area (Å²) in [6, 6.07) is 1.96. The lowest BCUT2D eigenvalue weighted by atomic mass is 10.3. The fourth-order valence-corrected chi connectivity index (χ4v) is 3.48. The molecule has 3 aromatic rings. The van der Waals surface area contributed by atoms with Crippen molar-refractivity contribution in [3.8, 4) is 10.6 Å². The Bertz CT molecular complexity index is 723. The van der Waals surface area contributed by atoms with Gasteiger partial charge in [0.25, 0.3) is 0 Å².